The predicted octanol–water partition coefficient (Wildman–Crippen LogP) is 2.02. The van der Waals surface area contributed by atoms with Crippen molar-refractivity contribution in [2.24, 2.45) is 5.73 Å². The molecule has 0 spiro atoms. The summed E-state index contributed by atoms with van der Waals surface area (Å²) in [4.78, 5) is 3.93. The normalized spacial score (nSPS) is 12.1. The van der Waals surface area contributed by atoms with Gasteiger partial charge in [-0.25, -0.2) is 13.8 Å². The first-order chi connectivity index (χ1) is 5.45. The monoisotopic (exact) mass is 192 g/mol. The Morgan fingerprint density at radius 1 is 1.58 bits per heavy atom. The molecule has 0 unspecified atom stereocenters. The van der Waals surface area contributed by atoms with Crippen molar-refractivity contribution in [2.45, 2.75) is 26.3 Å². The van der Waals surface area contributed by atoms with E-state index in [0.29, 0.717) is 10.7 Å². The van der Waals surface area contributed by atoms with E-state index in [1.54, 1.807) is 6.92 Å². The second kappa shape index (κ2) is 3.06. The van der Waals surface area contributed by atoms with Gasteiger partial charge in [-0.1, -0.05) is 0 Å². The molecular weight excluding hydrogens is 182 g/mol. The number of aromatic nitrogens is 1. The molecule has 0 amide bonds. The van der Waals surface area contributed by atoms with Crippen LogP contribution in [0.5, 0.6) is 0 Å². The van der Waals surface area contributed by atoms with E-state index < -0.39 is 5.92 Å². The highest BCUT2D eigenvalue weighted by Gasteiger charge is 2.29. The minimum atomic E-state index is -2.80. The van der Waals surface area contributed by atoms with E-state index in [1.165, 1.54) is 0 Å². The highest BCUT2D eigenvalue weighted by Crippen LogP contribution is 2.34. The molecule has 0 fully saturated rings. The van der Waals surface area contributed by atoms with Gasteiger partial charge in [0.05, 0.1) is 10.6 Å². The maximum absolute atomic E-state index is 12.8. The van der Waals surface area contributed by atoms with Gasteiger partial charge in [-0.2, -0.15) is 0 Å². The van der Waals surface area contributed by atoms with E-state index in [0.717, 1.165) is 18.3 Å². The van der Waals surface area contributed by atoms with Gasteiger partial charge in [0.1, 0.15) is 5.01 Å². The number of nitrogens with two attached hydrogens (primary N) is 1. The minimum absolute atomic E-state index is 0.0166. The molecule has 12 heavy (non-hydrogen) atoms. The van der Waals surface area contributed by atoms with Crippen LogP contribution in [-0.2, 0) is 12.5 Å². The SMILES string of the molecule is Cc1nc(CN)sc1C(C)(F)F. The lowest BCUT2D eigenvalue weighted by Crippen LogP contribution is -2.05. The molecule has 2 N–H and O–H groups in total. The molecular formula is C7H10F2N2S. The molecule has 0 saturated heterocycles. The summed E-state index contributed by atoms with van der Waals surface area (Å²) in [5.74, 6) is -2.80. The Balaban J connectivity index is 3.08. The molecule has 0 radical (unpaired) electrons. The molecule has 0 saturated carbocycles. The van der Waals surface area contributed by atoms with Gasteiger partial charge in [0, 0.05) is 13.5 Å². The van der Waals surface area contributed by atoms with Crippen LogP contribution >= 0.6 is 11.3 Å². The summed E-state index contributed by atoms with van der Waals surface area (Å²) >= 11 is 0.980. The zero-order chi connectivity index (χ0) is 9.35. The number of nitrogens with zero attached hydrogens (tertiary/aromatic N) is 1. The first-order valence-corrected chi connectivity index (χ1v) is 4.31. The fourth-order valence-corrected chi connectivity index (χ4v) is 1.82. The Bertz CT molecular complexity index is 277. The molecule has 0 aromatic carbocycles. The van der Waals surface area contributed by atoms with E-state index in [1.807, 2.05) is 0 Å². The molecule has 0 aliphatic rings. The molecule has 1 heterocycles. The van der Waals surface area contributed by atoms with Gasteiger partial charge in [-0.15, -0.1) is 11.3 Å². The average molecular weight is 192 g/mol. The largest absolute Gasteiger partial charge is 0.325 e. The van der Waals surface area contributed by atoms with Gasteiger partial charge in [-0.05, 0) is 6.92 Å². The van der Waals surface area contributed by atoms with Crippen LogP contribution in [0, 0.1) is 6.92 Å². The van der Waals surface area contributed by atoms with Crippen LogP contribution in [-0.4, -0.2) is 4.98 Å². The summed E-state index contributed by atoms with van der Waals surface area (Å²) in [5, 5.41) is 0.559. The van der Waals surface area contributed by atoms with Crippen LogP contribution in [0.4, 0.5) is 8.78 Å². The Kier molecular flexibility index (Phi) is 2.44. The van der Waals surface area contributed by atoms with Crippen molar-refractivity contribution >= 4 is 11.3 Å². The number of hydrogen-bond donors (Lipinski definition) is 1. The molecule has 0 aliphatic heterocycles. The van der Waals surface area contributed by atoms with Gasteiger partial charge >= 0.3 is 0 Å². The second-order valence-electron chi connectivity index (χ2n) is 2.61. The molecule has 1 rings (SSSR count). The summed E-state index contributed by atoms with van der Waals surface area (Å²) in [6, 6.07) is 0. The molecule has 68 valence electrons. The van der Waals surface area contributed by atoms with E-state index in [2.05, 4.69) is 4.98 Å². The van der Waals surface area contributed by atoms with Crippen LogP contribution in [0.2, 0.25) is 0 Å². The van der Waals surface area contributed by atoms with E-state index in [4.69, 9.17) is 5.73 Å². The Labute approximate surface area is 73.4 Å². The highest BCUT2D eigenvalue weighted by atomic mass is 32.1. The average Bonchev–Trinajstić information content (AvgIpc) is 2.29. The van der Waals surface area contributed by atoms with Crippen molar-refractivity contribution in [3.05, 3.63) is 15.6 Å². The smallest absolute Gasteiger partial charge is 0.281 e. The lowest BCUT2D eigenvalue weighted by molar-refractivity contribution is 0.0207. The van der Waals surface area contributed by atoms with Gasteiger partial charge in [0.25, 0.3) is 5.92 Å². The number of alkyl halides is 2. The second-order valence-corrected chi connectivity index (χ2v) is 3.70. The third-order valence-electron chi connectivity index (χ3n) is 1.41. The number of hydrogen-bond acceptors (Lipinski definition) is 3. The van der Waals surface area contributed by atoms with Crippen LogP contribution in [0.25, 0.3) is 0 Å². The minimum Gasteiger partial charge on any atom is -0.325 e. The summed E-state index contributed by atoms with van der Waals surface area (Å²) in [6.45, 7) is 2.66. The topological polar surface area (TPSA) is 38.9 Å². The Hall–Kier alpha value is -0.550. The van der Waals surface area contributed by atoms with Crippen molar-refractivity contribution in [1.82, 2.24) is 4.98 Å². The maximum atomic E-state index is 12.8. The van der Waals surface area contributed by atoms with E-state index >= 15 is 0 Å². The lowest BCUT2D eigenvalue weighted by atomic mass is 10.3. The molecule has 5 heteroatoms. The van der Waals surface area contributed by atoms with Crippen LogP contribution in [0.15, 0.2) is 0 Å². The fourth-order valence-electron chi connectivity index (χ4n) is 0.947. The number of thiazole rings is 1. The fraction of sp³-hybridized carbons (Fsp3) is 0.571. The third kappa shape index (κ3) is 1.78. The first-order valence-electron chi connectivity index (χ1n) is 3.50. The van der Waals surface area contributed by atoms with Gasteiger partial charge in [0.15, 0.2) is 0 Å². The van der Waals surface area contributed by atoms with Gasteiger partial charge < -0.3 is 5.73 Å². The maximum Gasteiger partial charge on any atom is 0.281 e. The molecule has 0 atom stereocenters. The molecule has 0 bridgehead atoms. The van der Waals surface area contributed by atoms with Crippen LogP contribution in [0.1, 0.15) is 22.5 Å². The molecule has 0 aliphatic carbocycles. The summed E-state index contributed by atoms with van der Waals surface area (Å²) < 4.78 is 25.6. The molecule has 2 nitrogen and oxygen atoms in total. The zero-order valence-corrected chi connectivity index (χ0v) is 7.71. The van der Waals surface area contributed by atoms with E-state index in [9.17, 15) is 8.78 Å². The standard InChI is InChI=1S/C7H10F2N2S/c1-4-6(7(2,8)9)12-5(3-10)11-4/h3,10H2,1-2H3. The van der Waals surface area contributed by atoms with Crippen molar-refractivity contribution in [1.29, 1.82) is 0 Å². The van der Waals surface area contributed by atoms with Crippen LogP contribution in [0.3, 0.4) is 0 Å². The third-order valence-corrected chi connectivity index (χ3v) is 2.77. The Morgan fingerprint density at radius 3 is 2.42 bits per heavy atom. The quantitative estimate of drug-likeness (QED) is 0.778. The number of aryl methyl sites for hydroxylation is 1. The number of halogens is 2. The summed E-state index contributed by atoms with van der Waals surface area (Å²) in [6.07, 6.45) is 0. The molecule has 1 aromatic rings. The van der Waals surface area contributed by atoms with Crippen molar-refractivity contribution in [2.75, 3.05) is 0 Å². The highest BCUT2D eigenvalue weighted by molar-refractivity contribution is 7.11. The first kappa shape index (κ1) is 9.54. The lowest BCUT2D eigenvalue weighted by Gasteiger charge is -2.06. The van der Waals surface area contributed by atoms with Gasteiger partial charge in [0.2, 0.25) is 0 Å². The molecule has 1 aromatic heterocycles. The van der Waals surface area contributed by atoms with E-state index in [-0.39, 0.29) is 11.4 Å². The van der Waals surface area contributed by atoms with Gasteiger partial charge in [-0.3, -0.25) is 0 Å². The zero-order valence-electron chi connectivity index (χ0n) is 6.90. The Morgan fingerprint density at radius 2 is 2.17 bits per heavy atom. The van der Waals surface area contributed by atoms with Crippen molar-refractivity contribution < 1.29 is 8.78 Å². The summed E-state index contributed by atoms with van der Waals surface area (Å²) in [5.41, 5.74) is 5.66. The predicted molar refractivity (Wildman–Crippen MR) is 44.3 cm³/mol. The number of rotatable bonds is 2. The van der Waals surface area contributed by atoms with Crippen LogP contribution < -0.4 is 5.73 Å². The van der Waals surface area contributed by atoms with Crippen molar-refractivity contribution in [3.8, 4) is 0 Å². The van der Waals surface area contributed by atoms with Crippen molar-refractivity contribution in [3.63, 3.8) is 0 Å². The summed E-state index contributed by atoms with van der Waals surface area (Å²) in [7, 11) is 0.